The number of allylic oxidation sites excluding steroid dienone is 4. The summed E-state index contributed by atoms with van der Waals surface area (Å²) in [5.74, 6) is -5.55. The third-order valence-corrected chi connectivity index (χ3v) is 15.3. The number of pyridine rings is 2. The summed E-state index contributed by atoms with van der Waals surface area (Å²) in [4.78, 5) is 70.3. The zero-order chi connectivity index (χ0) is 60.9. The number of anilines is 4. The Morgan fingerprint density at radius 1 is 0.780 bits per heavy atom. The van der Waals surface area contributed by atoms with Crippen LogP contribution in [-0.2, 0) is 36.2 Å². The first kappa shape index (κ1) is 63.3. The molecule has 10 rings (SSSR count). The molecule has 0 radical (unpaired) electrons. The monoisotopic (exact) mass is 1150 g/mol. The number of nitrogens with zero attached hydrogens (tertiary/aromatic N) is 3. The molecule has 8 N–H and O–H groups in total. The van der Waals surface area contributed by atoms with Crippen molar-refractivity contribution in [1.82, 2.24) is 19.9 Å². The number of rotatable bonds is 8. The van der Waals surface area contributed by atoms with Gasteiger partial charge in [0.1, 0.15) is 35.5 Å². The molecule has 82 heavy (non-hydrogen) atoms. The van der Waals surface area contributed by atoms with Gasteiger partial charge in [0.25, 0.3) is 5.97 Å². The molecule has 4 fully saturated rings. The molecule has 25 heteroatoms. The van der Waals surface area contributed by atoms with Crippen molar-refractivity contribution in [3.05, 3.63) is 149 Å². The number of aromatic carboxylic acids is 2. The van der Waals surface area contributed by atoms with Gasteiger partial charge in [0, 0.05) is 59.8 Å². The fraction of sp³-hybridized carbons (Fsp3) is 0.404. The van der Waals surface area contributed by atoms with Crippen molar-refractivity contribution in [2.24, 2.45) is 28.6 Å². The Bertz CT molecular complexity index is 3090. The zero-order valence-electron chi connectivity index (χ0n) is 45.3. The lowest BCUT2D eigenvalue weighted by molar-refractivity contribution is -0.226. The number of carboxylic acids is 3. The molecule has 3 aromatic heterocycles. The molecule has 0 bridgehead atoms. The zero-order valence-corrected chi connectivity index (χ0v) is 45.3. The second kappa shape index (κ2) is 24.7. The van der Waals surface area contributed by atoms with Gasteiger partial charge in [-0.1, -0.05) is 32.1 Å². The molecule has 5 aliphatic rings. The highest BCUT2D eigenvalue weighted by atomic mass is 19.4. The van der Waals surface area contributed by atoms with Crippen LogP contribution in [-0.4, -0.2) is 111 Å². The molecule has 0 amide bonds. The number of halogens is 7. The van der Waals surface area contributed by atoms with Crippen molar-refractivity contribution in [2.45, 2.75) is 110 Å². The van der Waals surface area contributed by atoms with Crippen LogP contribution in [0.25, 0.3) is 0 Å². The smallest absolute Gasteiger partial charge is 0.416 e. The van der Waals surface area contributed by atoms with Gasteiger partial charge in [0.05, 0.1) is 29.7 Å². The van der Waals surface area contributed by atoms with Gasteiger partial charge in [0.2, 0.25) is 0 Å². The molecule has 5 aromatic rings. The van der Waals surface area contributed by atoms with Gasteiger partial charge in [0.15, 0.2) is 23.0 Å². The predicted molar refractivity (Wildman–Crippen MR) is 282 cm³/mol. The fourth-order valence-corrected chi connectivity index (χ4v) is 12.0. The number of imidazole rings is 1. The molecule has 1 aliphatic heterocycles. The van der Waals surface area contributed by atoms with Crippen LogP contribution in [0.3, 0.4) is 0 Å². The van der Waals surface area contributed by atoms with E-state index < -0.39 is 94.4 Å². The Balaban J connectivity index is 0.000000188. The Morgan fingerprint density at radius 2 is 1.29 bits per heavy atom. The molecule has 440 valence electrons. The first-order valence-corrected chi connectivity index (χ1v) is 25.4. The lowest BCUT2D eigenvalue weighted by Crippen LogP contribution is -2.64. The van der Waals surface area contributed by atoms with E-state index in [-0.39, 0.29) is 81.6 Å². The van der Waals surface area contributed by atoms with Crippen molar-refractivity contribution in [3.63, 3.8) is 0 Å². The van der Waals surface area contributed by atoms with E-state index >= 15 is 4.39 Å². The Hall–Kier alpha value is -7.87. The SMILES string of the molecule is CC(=O)O.CC1(C)O[C@@H]2C[C@H]3[C@@H]4C[C@H](F)C5=CC(=O)C=C[C@]5(C)[C@H]4[C@@H](O)C[C@]3(C)[C@]2(C(=O)CO)O1.Cc1c(Nc2ncccc2C(=O)O)cccc1C(F)(F)F.Cc1c(Nc2ncccc2C(=O)O)cccc1C(F)(F)F.c1c[nH]cn1. The van der Waals surface area contributed by atoms with Gasteiger partial charge in [-0.15, -0.1) is 0 Å². The largest absolute Gasteiger partial charge is 0.481 e. The Kier molecular flexibility index (Phi) is 19.1. The number of ketones is 2. The van der Waals surface area contributed by atoms with Crippen LogP contribution in [0.15, 0.2) is 116 Å². The molecule has 4 aliphatic carbocycles. The number of aromatic nitrogens is 4. The third-order valence-electron chi connectivity index (χ3n) is 15.3. The quantitative estimate of drug-likeness (QED) is 0.0670. The molecule has 1 saturated heterocycles. The van der Waals surface area contributed by atoms with E-state index in [0.717, 1.165) is 19.1 Å². The first-order chi connectivity index (χ1) is 38.2. The maximum absolute atomic E-state index is 15.4. The number of aliphatic hydroxyl groups excluding tert-OH is 2. The number of carboxylic acid groups (broad SMARTS) is 3. The number of H-pyrrole nitrogens is 1. The van der Waals surface area contributed by atoms with Gasteiger partial charge in [-0.25, -0.2) is 28.9 Å². The number of aliphatic carboxylic acids is 1. The third kappa shape index (κ3) is 13.2. The summed E-state index contributed by atoms with van der Waals surface area (Å²) in [5, 5.41) is 52.0. The number of aromatic amines is 1. The van der Waals surface area contributed by atoms with Crippen LogP contribution >= 0.6 is 0 Å². The van der Waals surface area contributed by atoms with Crippen molar-refractivity contribution >= 4 is 52.5 Å². The average Bonchev–Trinajstić information content (AvgIpc) is 1.81. The lowest BCUT2D eigenvalue weighted by atomic mass is 9.46. The minimum atomic E-state index is -4.47. The number of aliphatic hydroxyl groups is 2. The van der Waals surface area contributed by atoms with Crippen LogP contribution in [0.2, 0.25) is 0 Å². The highest BCUT2D eigenvalue weighted by Crippen LogP contribution is 2.70. The van der Waals surface area contributed by atoms with Gasteiger partial charge < -0.3 is 50.6 Å². The maximum atomic E-state index is 15.4. The number of benzene rings is 2. The molecule has 9 atom stereocenters. The molecule has 3 saturated carbocycles. The molecule has 2 aromatic carbocycles. The summed E-state index contributed by atoms with van der Waals surface area (Å²) in [6.45, 7) is 10.4. The molecule has 0 unspecified atom stereocenters. The van der Waals surface area contributed by atoms with Crippen LogP contribution in [0.5, 0.6) is 0 Å². The highest BCUT2D eigenvalue weighted by molar-refractivity contribution is 6.01. The molecule has 0 spiro atoms. The van der Waals surface area contributed by atoms with Crippen molar-refractivity contribution in [2.75, 3.05) is 17.2 Å². The van der Waals surface area contributed by atoms with E-state index in [1.54, 1.807) is 38.6 Å². The van der Waals surface area contributed by atoms with Gasteiger partial charge in [-0.05, 0) is 136 Å². The fourth-order valence-electron chi connectivity index (χ4n) is 12.0. The van der Waals surface area contributed by atoms with Crippen LogP contribution in [0.1, 0.15) is 96.9 Å². The lowest BCUT2D eigenvalue weighted by Gasteiger charge is -2.60. The van der Waals surface area contributed by atoms with E-state index in [0.29, 0.717) is 12.0 Å². The molecular formula is C57H61F7N6O12. The second-order valence-electron chi connectivity index (χ2n) is 20.9. The standard InChI is InChI=1S/C24H31FO6.2C14H11F3N2O2.C3H4N2.C2H4O2/c1-21(2)30-19-9-14-13-8-16(25)15-7-12(27)5-6-22(15,3)20(13)17(28)10-23(14,4)24(19,31-21)18(29)11-26;2*1-8-10(14(15,16)17)5-2-6-11(8)19-12-9(13(20)21)4-3-7-18-12;1-2-5-3-4-1;1-2(3)4/h5-7,13-14,16-17,19-20,26,28H,8-11H2,1-4H3;2*2-7H,1H3,(H,18,19)(H,20,21);1-3H,(H,4,5);1H3,(H,3,4)/t13-,14-,16-,17-,19+,20+,22-,23-,24+;;;;/m0..../s1. The highest BCUT2D eigenvalue weighted by Gasteiger charge is 2.77. The summed E-state index contributed by atoms with van der Waals surface area (Å²) in [5.41, 5.74) is -4.01. The summed E-state index contributed by atoms with van der Waals surface area (Å²) in [6, 6.07) is 12.8. The van der Waals surface area contributed by atoms with E-state index in [4.69, 9.17) is 29.6 Å². The number of carbonyl (C=O) groups is 5. The van der Waals surface area contributed by atoms with Gasteiger partial charge in [-0.2, -0.15) is 26.3 Å². The number of Topliss-reactive ketones (excluding diaryl/α,β-unsaturated/α-hetero) is 1. The topological polar surface area (TPSA) is 283 Å². The van der Waals surface area contributed by atoms with Crippen LogP contribution in [0, 0.1) is 42.4 Å². The van der Waals surface area contributed by atoms with Crippen LogP contribution < -0.4 is 10.6 Å². The molecule has 18 nitrogen and oxygen atoms in total. The molecular weight excluding hydrogens is 1090 g/mol. The molecule has 4 heterocycles. The Morgan fingerprint density at radius 3 is 1.72 bits per heavy atom. The normalized spacial score (nSPS) is 26.2. The number of alkyl halides is 7. The number of nitrogens with one attached hydrogen (secondary N) is 3. The predicted octanol–water partition coefficient (Wildman–Crippen LogP) is 10.5. The summed E-state index contributed by atoms with van der Waals surface area (Å²) in [7, 11) is 0. The first-order valence-electron chi connectivity index (χ1n) is 25.4. The average molecular weight is 1160 g/mol. The number of hydrogen-bond acceptors (Lipinski definition) is 14. The Labute approximate surface area is 465 Å². The minimum Gasteiger partial charge on any atom is -0.481 e. The van der Waals surface area contributed by atoms with E-state index in [9.17, 15) is 55.7 Å². The number of hydrogen-bond donors (Lipinski definition) is 8. The van der Waals surface area contributed by atoms with Crippen LogP contribution in [0.4, 0.5) is 53.7 Å². The van der Waals surface area contributed by atoms with Crippen molar-refractivity contribution in [3.8, 4) is 0 Å². The minimum absolute atomic E-state index is 0.00701. The van der Waals surface area contributed by atoms with E-state index in [2.05, 4.69) is 30.6 Å². The number of carbonyl (C=O) groups excluding carboxylic acids is 2. The summed E-state index contributed by atoms with van der Waals surface area (Å²) < 4.78 is 105. The van der Waals surface area contributed by atoms with Gasteiger partial charge in [-0.3, -0.25) is 14.4 Å². The summed E-state index contributed by atoms with van der Waals surface area (Å²) >= 11 is 0. The summed E-state index contributed by atoms with van der Waals surface area (Å²) in [6.07, 6.45) is 1.76. The number of ether oxygens (including phenoxy) is 2. The second-order valence-corrected chi connectivity index (χ2v) is 20.9. The van der Waals surface area contributed by atoms with Gasteiger partial charge >= 0.3 is 24.3 Å². The van der Waals surface area contributed by atoms with Crippen molar-refractivity contribution < 1.29 is 89.7 Å². The maximum Gasteiger partial charge on any atom is 0.416 e. The number of fused-ring (bicyclic) bond motifs is 7. The van der Waals surface area contributed by atoms with Crippen molar-refractivity contribution in [1.29, 1.82) is 0 Å². The van der Waals surface area contributed by atoms with E-state index in [1.807, 2.05) is 13.8 Å². The van der Waals surface area contributed by atoms with E-state index in [1.165, 1.54) is 86.9 Å².